The Morgan fingerprint density at radius 3 is 2.62 bits per heavy atom. The second-order valence-corrected chi connectivity index (χ2v) is 5.79. The van der Waals surface area contributed by atoms with Gasteiger partial charge in [0.05, 0.1) is 19.3 Å². The van der Waals surface area contributed by atoms with Crippen molar-refractivity contribution in [3.63, 3.8) is 0 Å². The lowest BCUT2D eigenvalue weighted by Crippen LogP contribution is -2.27. The predicted molar refractivity (Wildman–Crippen MR) is 93.8 cm³/mol. The number of rotatable bonds is 6. The van der Waals surface area contributed by atoms with E-state index in [-0.39, 0.29) is 11.9 Å². The highest BCUT2D eigenvalue weighted by Gasteiger charge is 2.24. The van der Waals surface area contributed by atoms with Crippen molar-refractivity contribution in [2.45, 2.75) is 32.7 Å². The molecule has 0 fully saturated rings. The third-order valence-electron chi connectivity index (χ3n) is 4.24. The highest BCUT2D eigenvalue weighted by Crippen LogP contribution is 2.32. The molecule has 2 aromatic carbocycles. The molecule has 0 radical (unpaired) electrons. The van der Waals surface area contributed by atoms with Gasteiger partial charge in [0.2, 0.25) is 0 Å². The number of hydrogen-bond donors (Lipinski definition) is 1. The van der Waals surface area contributed by atoms with Crippen LogP contribution in [0.4, 0.5) is 0 Å². The SMILES string of the molecule is CCOc1ccc(C(=O)NC2CCc3ccccc32)cc1OCC. The monoisotopic (exact) mass is 325 g/mol. The van der Waals surface area contributed by atoms with Crippen LogP contribution < -0.4 is 14.8 Å². The molecule has 0 aliphatic heterocycles. The molecule has 1 aliphatic carbocycles. The quantitative estimate of drug-likeness (QED) is 0.876. The maximum absolute atomic E-state index is 12.6. The van der Waals surface area contributed by atoms with Crippen LogP contribution in [-0.4, -0.2) is 19.1 Å². The van der Waals surface area contributed by atoms with Crippen molar-refractivity contribution in [2.75, 3.05) is 13.2 Å². The highest BCUT2D eigenvalue weighted by molar-refractivity contribution is 5.95. The fourth-order valence-electron chi connectivity index (χ4n) is 3.14. The first-order chi connectivity index (χ1) is 11.7. The molecule has 3 rings (SSSR count). The molecule has 4 nitrogen and oxygen atoms in total. The summed E-state index contributed by atoms with van der Waals surface area (Å²) in [5.41, 5.74) is 3.14. The Labute approximate surface area is 142 Å². The molecule has 1 aliphatic rings. The van der Waals surface area contributed by atoms with Crippen molar-refractivity contribution in [1.29, 1.82) is 0 Å². The summed E-state index contributed by atoms with van der Waals surface area (Å²) in [5.74, 6) is 1.20. The first-order valence-electron chi connectivity index (χ1n) is 8.51. The van der Waals surface area contributed by atoms with Crippen LogP contribution in [0.5, 0.6) is 11.5 Å². The standard InChI is InChI=1S/C20H23NO3/c1-3-23-18-12-10-15(13-19(18)24-4-2)20(22)21-17-11-9-14-7-5-6-8-16(14)17/h5-8,10,12-13,17H,3-4,9,11H2,1-2H3,(H,21,22). The van der Waals surface area contributed by atoms with Crippen molar-refractivity contribution in [3.8, 4) is 11.5 Å². The Morgan fingerprint density at radius 2 is 1.83 bits per heavy atom. The lowest BCUT2D eigenvalue weighted by molar-refractivity contribution is 0.0936. The van der Waals surface area contributed by atoms with E-state index < -0.39 is 0 Å². The largest absolute Gasteiger partial charge is 0.490 e. The van der Waals surface area contributed by atoms with E-state index in [1.165, 1.54) is 11.1 Å². The van der Waals surface area contributed by atoms with Crippen LogP contribution >= 0.6 is 0 Å². The number of aryl methyl sites for hydroxylation is 1. The summed E-state index contributed by atoms with van der Waals surface area (Å²) in [4.78, 5) is 12.6. The summed E-state index contributed by atoms with van der Waals surface area (Å²) in [6.45, 7) is 4.93. The zero-order chi connectivity index (χ0) is 16.9. The number of hydrogen-bond acceptors (Lipinski definition) is 3. The molecule has 0 spiro atoms. The first-order valence-corrected chi connectivity index (χ1v) is 8.51. The van der Waals surface area contributed by atoms with E-state index in [0.717, 1.165) is 12.8 Å². The van der Waals surface area contributed by atoms with Crippen LogP contribution in [0.25, 0.3) is 0 Å². The van der Waals surface area contributed by atoms with Crippen molar-refractivity contribution in [3.05, 3.63) is 59.2 Å². The molecular weight excluding hydrogens is 302 g/mol. The van der Waals surface area contributed by atoms with E-state index in [9.17, 15) is 4.79 Å². The van der Waals surface area contributed by atoms with E-state index >= 15 is 0 Å². The summed E-state index contributed by atoms with van der Waals surface area (Å²) in [6, 6.07) is 13.7. The Balaban J connectivity index is 1.77. The van der Waals surface area contributed by atoms with Crippen LogP contribution in [0.15, 0.2) is 42.5 Å². The maximum atomic E-state index is 12.6. The van der Waals surface area contributed by atoms with Crippen molar-refractivity contribution in [2.24, 2.45) is 0 Å². The fourth-order valence-corrected chi connectivity index (χ4v) is 3.14. The van der Waals surface area contributed by atoms with Crippen LogP contribution in [0, 0.1) is 0 Å². The number of fused-ring (bicyclic) bond motifs is 1. The van der Waals surface area contributed by atoms with Gasteiger partial charge in [-0.1, -0.05) is 24.3 Å². The van der Waals surface area contributed by atoms with Gasteiger partial charge in [-0.15, -0.1) is 0 Å². The van der Waals surface area contributed by atoms with E-state index in [1.807, 2.05) is 26.0 Å². The van der Waals surface area contributed by atoms with Crippen molar-refractivity contribution in [1.82, 2.24) is 5.32 Å². The molecule has 0 heterocycles. The lowest BCUT2D eigenvalue weighted by Gasteiger charge is -2.16. The van der Waals surface area contributed by atoms with E-state index in [0.29, 0.717) is 30.3 Å². The van der Waals surface area contributed by atoms with Gasteiger partial charge in [-0.3, -0.25) is 4.79 Å². The smallest absolute Gasteiger partial charge is 0.251 e. The van der Waals surface area contributed by atoms with Crippen LogP contribution in [0.2, 0.25) is 0 Å². The number of amides is 1. The lowest BCUT2D eigenvalue weighted by atomic mass is 10.1. The minimum Gasteiger partial charge on any atom is -0.490 e. The second-order valence-electron chi connectivity index (χ2n) is 5.79. The molecule has 1 N–H and O–H groups in total. The number of benzene rings is 2. The Bertz CT molecular complexity index is 727. The maximum Gasteiger partial charge on any atom is 0.251 e. The minimum absolute atomic E-state index is 0.0795. The molecule has 2 aromatic rings. The van der Waals surface area contributed by atoms with Crippen LogP contribution in [0.1, 0.15) is 47.8 Å². The van der Waals surface area contributed by atoms with Gasteiger partial charge in [-0.2, -0.15) is 0 Å². The molecule has 1 unspecified atom stereocenters. The minimum atomic E-state index is -0.0827. The Kier molecular flexibility index (Phi) is 5.04. The molecule has 4 heteroatoms. The molecular formula is C20H23NO3. The zero-order valence-corrected chi connectivity index (χ0v) is 14.2. The third-order valence-corrected chi connectivity index (χ3v) is 4.24. The molecule has 1 atom stereocenters. The average molecular weight is 325 g/mol. The van der Waals surface area contributed by atoms with Gasteiger partial charge < -0.3 is 14.8 Å². The van der Waals surface area contributed by atoms with Gasteiger partial charge >= 0.3 is 0 Å². The topological polar surface area (TPSA) is 47.6 Å². The average Bonchev–Trinajstić information content (AvgIpc) is 3.00. The highest BCUT2D eigenvalue weighted by atomic mass is 16.5. The zero-order valence-electron chi connectivity index (χ0n) is 14.2. The van der Waals surface area contributed by atoms with E-state index in [4.69, 9.17) is 9.47 Å². The molecule has 0 saturated carbocycles. The molecule has 126 valence electrons. The summed E-state index contributed by atoms with van der Waals surface area (Å²) in [6.07, 6.45) is 1.95. The Hall–Kier alpha value is -2.49. The third kappa shape index (κ3) is 3.37. The first kappa shape index (κ1) is 16.4. The summed E-state index contributed by atoms with van der Waals surface area (Å²) in [7, 11) is 0. The number of ether oxygens (including phenoxy) is 2. The van der Waals surface area contributed by atoms with E-state index in [1.54, 1.807) is 18.2 Å². The van der Waals surface area contributed by atoms with Gasteiger partial charge in [0.25, 0.3) is 5.91 Å². The van der Waals surface area contributed by atoms with Crippen LogP contribution in [-0.2, 0) is 6.42 Å². The summed E-state index contributed by atoms with van der Waals surface area (Å²) in [5, 5.41) is 3.14. The molecule has 0 bridgehead atoms. The van der Waals surface area contributed by atoms with Crippen LogP contribution in [0.3, 0.4) is 0 Å². The normalized spacial score (nSPS) is 15.7. The van der Waals surface area contributed by atoms with Gasteiger partial charge in [-0.05, 0) is 56.0 Å². The van der Waals surface area contributed by atoms with Gasteiger partial charge in [0.1, 0.15) is 0 Å². The van der Waals surface area contributed by atoms with Crippen molar-refractivity contribution >= 4 is 5.91 Å². The number of carbonyl (C=O) groups excluding carboxylic acids is 1. The second kappa shape index (κ2) is 7.39. The summed E-state index contributed by atoms with van der Waals surface area (Å²) < 4.78 is 11.1. The van der Waals surface area contributed by atoms with Crippen molar-refractivity contribution < 1.29 is 14.3 Å². The number of nitrogens with one attached hydrogen (secondary N) is 1. The summed E-state index contributed by atoms with van der Waals surface area (Å²) >= 11 is 0. The van der Waals surface area contributed by atoms with Gasteiger partial charge in [-0.25, -0.2) is 0 Å². The molecule has 1 amide bonds. The van der Waals surface area contributed by atoms with Gasteiger partial charge in [0, 0.05) is 5.56 Å². The number of carbonyl (C=O) groups is 1. The Morgan fingerprint density at radius 1 is 1.08 bits per heavy atom. The predicted octanol–water partition coefficient (Wildman–Crippen LogP) is 3.90. The molecule has 0 saturated heterocycles. The molecule has 24 heavy (non-hydrogen) atoms. The van der Waals surface area contributed by atoms with E-state index in [2.05, 4.69) is 17.4 Å². The van der Waals surface area contributed by atoms with Gasteiger partial charge in [0.15, 0.2) is 11.5 Å². The molecule has 0 aromatic heterocycles. The fraction of sp³-hybridized carbons (Fsp3) is 0.350.